The number of imide groups is 1. The van der Waals surface area contributed by atoms with E-state index in [0.29, 0.717) is 29.2 Å². The zero-order valence-electron chi connectivity index (χ0n) is 18.7. The Hall–Kier alpha value is -3.86. The van der Waals surface area contributed by atoms with Gasteiger partial charge in [-0.2, -0.15) is 0 Å². The summed E-state index contributed by atoms with van der Waals surface area (Å²) < 4.78 is 5.54. The van der Waals surface area contributed by atoms with E-state index in [4.69, 9.17) is 4.74 Å². The molecular weight excluding hydrogens is 400 g/mol. The number of amides is 2. The minimum atomic E-state index is -0.367. The van der Waals surface area contributed by atoms with Gasteiger partial charge in [-0.1, -0.05) is 42.5 Å². The molecular formula is C27H26N2O3. The first-order valence-corrected chi connectivity index (χ1v) is 10.7. The lowest BCUT2D eigenvalue weighted by molar-refractivity contribution is -0.120. The first-order chi connectivity index (χ1) is 15.4. The van der Waals surface area contributed by atoms with Crippen LogP contribution in [0.25, 0.3) is 5.57 Å². The molecule has 0 spiro atoms. The Morgan fingerprint density at radius 1 is 0.812 bits per heavy atom. The van der Waals surface area contributed by atoms with Crippen molar-refractivity contribution in [3.05, 3.63) is 94.7 Å². The van der Waals surface area contributed by atoms with E-state index < -0.39 is 0 Å². The number of hydrogen-bond acceptors (Lipinski definition) is 4. The van der Waals surface area contributed by atoms with Crippen molar-refractivity contribution >= 4 is 28.8 Å². The quantitative estimate of drug-likeness (QED) is 0.536. The fourth-order valence-electron chi connectivity index (χ4n) is 3.85. The standard InChI is InChI=1S/C27H26N2O3/c1-5-32-21-15-13-20(14-16-21)24-25(28-22-11-8-10-17(2)19(22)4)27(31)29(26(24)30)23-12-7-6-9-18(23)3/h6-16,28H,5H2,1-4H3. The molecule has 5 heteroatoms. The minimum Gasteiger partial charge on any atom is -0.494 e. The van der Waals surface area contributed by atoms with Gasteiger partial charge in [-0.15, -0.1) is 0 Å². The number of para-hydroxylation sites is 1. The maximum absolute atomic E-state index is 13.6. The maximum atomic E-state index is 13.6. The van der Waals surface area contributed by atoms with Gasteiger partial charge in [0.1, 0.15) is 11.4 Å². The number of hydrogen-bond donors (Lipinski definition) is 1. The molecule has 32 heavy (non-hydrogen) atoms. The minimum absolute atomic E-state index is 0.274. The van der Waals surface area contributed by atoms with Gasteiger partial charge in [0.05, 0.1) is 17.9 Å². The second-order valence-corrected chi connectivity index (χ2v) is 7.81. The number of rotatable bonds is 6. The third kappa shape index (κ3) is 3.78. The monoisotopic (exact) mass is 426 g/mol. The maximum Gasteiger partial charge on any atom is 0.282 e. The highest BCUT2D eigenvalue weighted by Crippen LogP contribution is 2.36. The average molecular weight is 427 g/mol. The normalized spacial score (nSPS) is 13.7. The molecule has 0 saturated carbocycles. The van der Waals surface area contributed by atoms with E-state index in [9.17, 15) is 9.59 Å². The molecule has 0 unspecified atom stereocenters. The van der Waals surface area contributed by atoms with Gasteiger partial charge in [0.15, 0.2) is 0 Å². The molecule has 3 aromatic rings. The summed E-state index contributed by atoms with van der Waals surface area (Å²) in [6.45, 7) is 8.38. The number of nitrogens with zero attached hydrogens (tertiary/aromatic N) is 1. The predicted molar refractivity (Wildman–Crippen MR) is 128 cm³/mol. The van der Waals surface area contributed by atoms with Crippen molar-refractivity contribution in [2.75, 3.05) is 16.8 Å². The third-order valence-electron chi connectivity index (χ3n) is 5.76. The number of carbonyl (C=O) groups is 2. The Labute approximate surface area is 188 Å². The van der Waals surface area contributed by atoms with E-state index in [2.05, 4.69) is 5.32 Å². The van der Waals surface area contributed by atoms with Crippen LogP contribution in [0.2, 0.25) is 0 Å². The zero-order valence-corrected chi connectivity index (χ0v) is 18.7. The van der Waals surface area contributed by atoms with Crippen LogP contribution >= 0.6 is 0 Å². The largest absolute Gasteiger partial charge is 0.494 e. The van der Waals surface area contributed by atoms with Gasteiger partial charge < -0.3 is 10.1 Å². The Morgan fingerprint density at radius 3 is 2.19 bits per heavy atom. The molecule has 0 aromatic heterocycles. The van der Waals surface area contributed by atoms with Crippen LogP contribution in [0.4, 0.5) is 11.4 Å². The zero-order chi connectivity index (χ0) is 22.8. The number of aryl methyl sites for hydroxylation is 2. The number of nitrogens with one attached hydrogen (secondary N) is 1. The molecule has 0 radical (unpaired) electrons. The molecule has 1 N–H and O–H groups in total. The van der Waals surface area contributed by atoms with Crippen LogP contribution in [0.15, 0.2) is 72.4 Å². The molecule has 3 aromatic carbocycles. The van der Waals surface area contributed by atoms with Crippen molar-refractivity contribution in [1.29, 1.82) is 0 Å². The van der Waals surface area contributed by atoms with Crippen molar-refractivity contribution in [2.45, 2.75) is 27.7 Å². The van der Waals surface area contributed by atoms with Crippen molar-refractivity contribution in [3.8, 4) is 5.75 Å². The second-order valence-electron chi connectivity index (χ2n) is 7.81. The first-order valence-electron chi connectivity index (χ1n) is 10.7. The average Bonchev–Trinajstić information content (AvgIpc) is 3.02. The lowest BCUT2D eigenvalue weighted by atomic mass is 10.0. The van der Waals surface area contributed by atoms with Gasteiger partial charge in [-0.05, 0) is 74.2 Å². The van der Waals surface area contributed by atoms with Crippen LogP contribution in [0.5, 0.6) is 5.75 Å². The van der Waals surface area contributed by atoms with Gasteiger partial charge in [0.2, 0.25) is 0 Å². The fourth-order valence-corrected chi connectivity index (χ4v) is 3.85. The van der Waals surface area contributed by atoms with E-state index in [1.54, 1.807) is 6.07 Å². The van der Waals surface area contributed by atoms with Crippen LogP contribution < -0.4 is 15.0 Å². The Balaban J connectivity index is 1.84. The highest BCUT2D eigenvalue weighted by Gasteiger charge is 2.40. The van der Waals surface area contributed by atoms with E-state index in [0.717, 1.165) is 22.4 Å². The van der Waals surface area contributed by atoms with Gasteiger partial charge in [0, 0.05) is 5.69 Å². The molecule has 1 heterocycles. The van der Waals surface area contributed by atoms with Gasteiger partial charge in [0.25, 0.3) is 11.8 Å². The van der Waals surface area contributed by atoms with Crippen LogP contribution in [0, 0.1) is 20.8 Å². The number of benzene rings is 3. The van der Waals surface area contributed by atoms with Crippen molar-refractivity contribution in [1.82, 2.24) is 0 Å². The summed E-state index contributed by atoms with van der Waals surface area (Å²) in [7, 11) is 0. The van der Waals surface area contributed by atoms with E-state index >= 15 is 0 Å². The van der Waals surface area contributed by atoms with Gasteiger partial charge >= 0.3 is 0 Å². The number of carbonyl (C=O) groups excluding carboxylic acids is 2. The Morgan fingerprint density at radius 2 is 1.50 bits per heavy atom. The lowest BCUT2D eigenvalue weighted by Gasteiger charge is -2.18. The fraction of sp³-hybridized carbons (Fsp3) is 0.185. The summed E-state index contributed by atoms with van der Waals surface area (Å²) >= 11 is 0. The van der Waals surface area contributed by atoms with E-state index in [1.807, 2.05) is 88.4 Å². The molecule has 1 aliphatic rings. The highest BCUT2D eigenvalue weighted by atomic mass is 16.5. The molecule has 0 bridgehead atoms. The summed E-state index contributed by atoms with van der Waals surface area (Å²) in [4.78, 5) is 28.4. The van der Waals surface area contributed by atoms with E-state index in [1.165, 1.54) is 4.90 Å². The SMILES string of the molecule is CCOc1ccc(C2=C(Nc3cccc(C)c3C)C(=O)N(c3ccccc3C)C2=O)cc1. The summed E-state index contributed by atoms with van der Waals surface area (Å²) in [5.74, 6) is 0.00350. The topological polar surface area (TPSA) is 58.6 Å². The summed E-state index contributed by atoms with van der Waals surface area (Å²) in [5.41, 5.74) is 5.66. The van der Waals surface area contributed by atoms with Crippen LogP contribution in [0.3, 0.4) is 0 Å². The van der Waals surface area contributed by atoms with E-state index in [-0.39, 0.29) is 17.5 Å². The molecule has 2 amide bonds. The summed E-state index contributed by atoms with van der Waals surface area (Å²) in [5, 5.41) is 3.27. The smallest absolute Gasteiger partial charge is 0.282 e. The van der Waals surface area contributed by atoms with Gasteiger partial charge in [-0.3, -0.25) is 9.59 Å². The molecule has 5 nitrogen and oxygen atoms in total. The molecule has 0 saturated heterocycles. The van der Waals surface area contributed by atoms with Crippen LogP contribution in [-0.4, -0.2) is 18.4 Å². The van der Waals surface area contributed by atoms with Gasteiger partial charge in [-0.25, -0.2) is 4.90 Å². The third-order valence-corrected chi connectivity index (χ3v) is 5.76. The molecule has 0 fully saturated rings. The predicted octanol–water partition coefficient (Wildman–Crippen LogP) is 5.41. The molecule has 4 rings (SSSR count). The lowest BCUT2D eigenvalue weighted by Crippen LogP contribution is -2.33. The first kappa shape index (κ1) is 21.4. The number of anilines is 2. The Kier molecular flexibility index (Phi) is 5.82. The highest BCUT2D eigenvalue weighted by molar-refractivity contribution is 6.46. The molecule has 0 aliphatic carbocycles. The summed E-state index contributed by atoms with van der Waals surface area (Å²) in [6, 6.07) is 20.5. The van der Waals surface area contributed by atoms with Crippen LogP contribution in [0.1, 0.15) is 29.2 Å². The molecule has 162 valence electrons. The van der Waals surface area contributed by atoms with Crippen molar-refractivity contribution < 1.29 is 14.3 Å². The molecule has 1 aliphatic heterocycles. The number of ether oxygens (including phenoxy) is 1. The van der Waals surface area contributed by atoms with Crippen molar-refractivity contribution in [2.24, 2.45) is 0 Å². The summed E-state index contributed by atoms with van der Waals surface area (Å²) in [6.07, 6.45) is 0. The van der Waals surface area contributed by atoms with Crippen molar-refractivity contribution in [3.63, 3.8) is 0 Å². The Bertz CT molecular complexity index is 1230. The molecule has 0 atom stereocenters. The second kappa shape index (κ2) is 8.71. The van der Waals surface area contributed by atoms with Crippen LogP contribution in [-0.2, 0) is 9.59 Å².